The maximum Gasteiger partial charge on any atom is 0.0308 e. The molecule has 0 bridgehead atoms. The molecule has 0 aliphatic carbocycles. The van der Waals surface area contributed by atoms with Crippen LogP contribution in [0, 0.1) is 0 Å². The fraction of sp³-hybridized carbons (Fsp3) is 0.900. The first-order valence-corrected chi connectivity index (χ1v) is 12.0. The van der Waals surface area contributed by atoms with Crippen molar-refractivity contribution in [2.45, 2.75) is 104 Å². The number of nitrogens with two attached hydrogens (primary N) is 2. The Labute approximate surface area is 190 Å². The highest BCUT2D eigenvalue weighted by atomic mass is 127. The van der Waals surface area contributed by atoms with E-state index in [1.165, 1.54) is 32.1 Å². The van der Waals surface area contributed by atoms with Gasteiger partial charge in [0, 0.05) is 46.7 Å². The maximum absolute atomic E-state index is 5.67. The molecule has 0 amide bonds. The molecule has 3 atom stereocenters. The molecule has 26 heavy (non-hydrogen) atoms. The highest BCUT2D eigenvalue weighted by molar-refractivity contribution is 14.1. The lowest BCUT2D eigenvalue weighted by molar-refractivity contribution is 0.619. The Bertz CT molecular complexity index is 165. The molecular formula is C20H50Cl2IN3. The van der Waals surface area contributed by atoms with Crippen LogP contribution in [0.1, 0.15) is 87.0 Å². The van der Waals surface area contributed by atoms with Crippen molar-refractivity contribution in [3.8, 4) is 0 Å². The Balaban J connectivity index is -0.0000000510. The molecule has 0 saturated carbocycles. The van der Waals surface area contributed by atoms with Crippen molar-refractivity contribution in [3.05, 3.63) is 13.2 Å². The van der Waals surface area contributed by atoms with Crippen LogP contribution in [0.25, 0.3) is 0 Å². The number of alkyl halides is 2. The first kappa shape index (κ1) is 41.3. The summed E-state index contributed by atoms with van der Waals surface area (Å²) in [6.45, 7) is 21.4. The predicted molar refractivity (Wildman–Crippen MR) is 138 cm³/mol. The molecule has 0 aromatic carbocycles. The van der Waals surface area contributed by atoms with Crippen molar-refractivity contribution in [1.29, 1.82) is 0 Å². The third kappa shape index (κ3) is 85.4. The fourth-order valence-electron chi connectivity index (χ4n) is 1.18. The Kier molecular flexibility index (Phi) is 79.7. The third-order valence-corrected chi connectivity index (χ3v) is 3.77. The second-order valence-corrected chi connectivity index (χ2v) is 6.64. The van der Waals surface area contributed by atoms with Gasteiger partial charge in [0.2, 0.25) is 0 Å². The van der Waals surface area contributed by atoms with Crippen molar-refractivity contribution in [2.24, 2.45) is 11.5 Å². The van der Waals surface area contributed by atoms with Crippen molar-refractivity contribution >= 4 is 46.1 Å². The number of rotatable bonds is 8. The van der Waals surface area contributed by atoms with Gasteiger partial charge in [0.1, 0.15) is 0 Å². The molecule has 6 heteroatoms. The molecular weight excluding hydrogens is 480 g/mol. The highest BCUT2D eigenvalue weighted by Crippen LogP contribution is 2.04. The average Bonchev–Trinajstić information content (AvgIpc) is 2.67. The summed E-state index contributed by atoms with van der Waals surface area (Å²) in [5.41, 5.74) is 10.6. The Morgan fingerprint density at radius 3 is 1.46 bits per heavy atom. The van der Waals surface area contributed by atoms with Crippen LogP contribution in [-0.2, 0) is 0 Å². The summed E-state index contributed by atoms with van der Waals surface area (Å²) in [6, 6.07) is 0.988. The van der Waals surface area contributed by atoms with Crippen LogP contribution in [-0.4, -0.2) is 30.4 Å². The van der Waals surface area contributed by atoms with Crippen LogP contribution in [0.4, 0.5) is 0 Å². The van der Waals surface area contributed by atoms with Gasteiger partial charge in [-0.2, -0.15) is 0 Å². The standard InChI is InChI=1S/C6H14ClN.C5H12IN.C4H11N.C2H6.C2H4.CH3Cl/c1-5(7)3-4-6(2)8;1-3-4-5(2)7-6;1-2-3-4-5;3*1-2/h5-6H,3-4,8H2,1-2H3;5,7H,3-4H2,1-2H3;2-5H2,1H3;1-2H3;1-2H2;1H3. The molecule has 166 valence electrons. The maximum atomic E-state index is 5.67. The zero-order valence-electron chi connectivity index (χ0n) is 18.9. The van der Waals surface area contributed by atoms with E-state index in [0.717, 1.165) is 19.4 Å². The van der Waals surface area contributed by atoms with Crippen LogP contribution in [0.5, 0.6) is 0 Å². The molecule has 0 saturated heterocycles. The van der Waals surface area contributed by atoms with Gasteiger partial charge >= 0.3 is 0 Å². The van der Waals surface area contributed by atoms with E-state index in [4.69, 9.17) is 23.1 Å². The summed E-state index contributed by atoms with van der Waals surface area (Å²) in [5, 5.41) is 0.279. The minimum absolute atomic E-state index is 0.279. The Hall–Kier alpha value is 0.930. The fourth-order valence-corrected chi connectivity index (χ4v) is 1.62. The largest absolute Gasteiger partial charge is 0.330 e. The van der Waals surface area contributed by atoms with Gasteiger partial charge in [0.05, 0.1) is 0 Å². The van der Waals surface area contributed by atoms with Gasteiger partial charge in [-0.05, 0) is 53.0 Å². The van der Waals surface area contributed by atoms with Gasteiger partial charge in [-0.3, -0.25) is 3.53 Å². The summed E-state index contributed by atoms with van der Waals surface area (Å²) >= 11 is 12.5. The van der Waals surface area contributed by atoms with E-state index in [9.17, 15) is 0 Å². The zero-order chi connectivity index (χ0) is 22.4. The monoisotopic (exact) mass is 529 g/mol. The summed E-state index contributed by atoms with van der Waals surface area (Å²) < 4.78 is 3.14. The summed E-state index contributed by atoms with van der Waals surface area (Å²) in [6.07, 6.45) is 8.47. The topological polar surface area (TPSA) is 64.1 Å². The van der Waals surface area contributed by atoms with Gasteiger partial charge in [0.15, 0.2) is 0 Å². The molecule has 5 N–H and O–H groups in total. The van der Waals surface area contributed by atoms with Crippen molar-refractivity contribution < 1.29 is 0 Å². The molecule has 0 aromatic heterocycles. The van der Waals surface area contributed by atoms with E-state index in [0.29, 0.717) is 12.1 Å². The van der Waals surface area contributed by atoms with E-state index in [1.54, 1.807) is 0 Å². The van der Waals surface area contributed by atoms with E-state index in [2.05, 4.69) is 71.9 Å². The van der Waals surface area contributed by atoms with Gasteiger partial charge in [-0.1, -0.05) is 40.5 Å². The molecule has 0 heterocycles. The number of hydrogen-bond acceptors (Lipinski definition) is 3. The lowest BCUT2D eigenvalue weighted by atomic mass is 10.2. The number of unbranched alkanes of at least 4 members (excludes halogenated alkanes) is 1. The zero-order valence-corrected chi connectivity index (χ0v) is 22.6. The van der Waals surface area contributed by atoms with Crippen LogP contribution < -0.4 is 15.0 Å². The van der Waals surface area contributed by atoms with Crippen LogP contribution in [0.2, 0.25) is 0 Å². The molecule has 0 aliphatic rings. The number of halogens is 3. The van der Waals surface area contributed by atoms with Gasteiger partial charge in [0.25, 0.3) is 0 Å². The molecule has 3 nitrogen and oxygen atoms in total. The lowest BCUT2D eigenvalue weighted by Gasteiger charge is -2.04. The van der Waals surface area contributed by atoms with Gasteiger partial charge in [-0.25, -0.2) is 0 Å². The minimum Gasteiger partial charge on any atom is -0.330 e. The molecule has 0 aliphatic heterocycles. The summed E-state index contributed by atoms with van der Waals surface area (Å²) in [7, 11) is 0. The molecule has 0 fully saturated rings. The highest BCUT2D eigenvalue weighted by Gasteiger charge is 1.97. The Morgan fingerprint density at radius 2 is 1.38 bits per heavy atom. The van der Waals surface area contributed by atoms with Crippen LogP contribution in [0.3, 0.4) is 0 Å². The number of nitrogens with one attached hydrogen (secondary N) is 1. The first-order chi connectivity index (χ1) is 12.3. The lowest BCUT2D eigenvalue weighted by Crippen LogP contribution is -2.15. The second kappa shape index (κ2) is 50.1. The van der Waals surface area contributed by atoms with Crippen molar-refractivity contribution in [1.82, 2.24) is 3.53 Å². The summed E-state index contributed by atoms with van der Waals surface area (Å²) in [5.74, 6) is 0. The molecule has 3 unspecified atom stereocenters. The van der Waals surface area contributed by atoms with Crippen molar-refractivity contribution in [2.75, 3.05) is 12.9 Å². The first-order valence-electron chi connectivity index (χ1n) is 9.69. The normalized spacial score (nSPS) is 11.6. The van der Waals surface area contributed by atoms with Gasteiger partial charge in [-0.15, -0.1) is 36.4 Å². The van der Waals surface area contributed by atoms with E-state index in [-0.39, 0.29) is 5.38 Å². The minimum atomic E-state index is 0.279. The quantitative estimate of drug-likeness (QED) is 0.134. The van der Waals surface area contributed by atoms with Crippen LogP contribution >= 0.6 is 46.1 Å². The molecule has 0 spiro atoms. The van der Waals surface area contributed by atoms with Crippen LogP contribution in [0.15, 0.2) is 13.2 Å². The SMILES string of the molecule is C=C.CC.CC(N)CCC(C)Cl.CCCC(C)NI.CCCCN.CCl. The summed E-state index contributed by atoms with van der Waals surface area (Å²) in [4.78, 5) is 0. The third-order valence-electron chi connectivity index (χ3n) is 2.49. The van der Waals surface area contributed by atoms with E-state index >= 15 is 0 Å². The predicted octanol–water partition coefficient (Wildman–Crippen LogP) is 7.28. The van der Waals surface area contributed by atoms with E-state index in [1.807, 2.05) is 27.7 Å². The molecule has 0 rings (SSSR count). The average molecular weight is 530 g/mol. The number of hydrogen-bond donors (Lipinski definition) is 3. The second-order valence-electron chi connectivity index (χ2n) is 5.28. The molecule has 0 radical (unpaired) electrons. The molecule has 0 aromatic rings. The van der Waals surface area contributed by atoms with Crippen molar-refractivity contribution in [3.63, 3.8) is 0 Å². The van der Waals surface area contributed by atoms with Gasteiger partial charge < -0.3 is 11.5 Å². The van der Waals surface area contributed by atoms with E-state index < -0.39 is 0 Å². The Morgan fingerprint density at radius 1 is 0.962 bits per heavy atom. The smallest absolute Gasteiger partial charge is 0.0308 e.